The molecule has 3 atom stereocenters. The third-order valence-corrected chi connectivity index (χ3v) is 6.60. The number of nitrogens with one attached hydrogen (secondary N) is 1. The molecule has 0 heterocycles. The molecule has 0 radical (unpaired) electrons. The molecule has 1 aliphatic carbocycles. The van der Waals surface area contributed by atoms with Crippen molar-refractivity contribution in [3.8, 4) is 0 Å². The SMILES string of the molecule is CNC1C(S(=O)c2ccc3ccccc3c2)CCC1(C)C. The minimum absolute atomic E-state index is 0.200. The van der Waals surface area contributed by atoms with Crippen LogP contribution in [0.3, 0.4) is 0 Å². The molecule has 2 aromatic carbocycles. The van der Waals surface area contributed by atoms with Gasteiger partial charge in [0.25, 0.3) is 0 Å². The first-order valence-corrected chi connectivity index (χ1v) is 8.81. The van der Waals surface area contributed by atoms with E-state index in [4.69, 9.17) is 0 Å². The standard InChI is InChI=1S/C18H23NOS/c1-18(2)11-10-16(17(18)19-3)21(20)15-9-8-13-6-4-5-7-14(13)12-15/h4-9,12,16-17,19H,10-11H2,1-3H3. The van der Waals surface area contributed by atoms with Crippen molar-refractivity contribution < 1.29 is 4.21 Å². The first-order valence-electron chi connectivity index (χ1n) is 7.59. The van der Waals surface area contributed by atoms with Gasteiger partial charge in [-0.15, -0.1) is 0 Å². The fraction of sp³-hybridized carbons (Fsp3) is 0.444. The van der Waals surface area contributed by atoms with E-state index in [2.05, 4.69) is 43.4 Å². The van der Waals surface area contributed by atoms with E-state index >= 15 is 0 Å². The van der Waals surface area contributed by atoms with E-state index in [9.17, 15) is 4.21 Å². The smallest absolute Gasteiger partial charge is 0.0577 e. The molecular weight excluding hydrogens is 278 g/mol. The second-order valence-corrected chi connectivity index (χ2v) is 8.31. The molecule has 0 amide bonds. The average molecular weight is 301 g/mol. The summed E-state index contributed by atoms with van der Waals surface area (Å²) in [6, 6.07) is 14.8. The second-order valence-electron chi connectivity index (χ2n) is 6.64. The van der Waals surface area contributed by atoms with Crippen molar-refractivity contribution in [1.82, 2.24) is 5.32 Å². The molecular formula is C18H23NOS. The largest absolute Gasteiger partial charge is 0.315 e. The van der Waals surface area contributed by atoms with Gasteiger partial charge >= 0.3 is 0 Å². The lowest BCUT2D eigenvalue weighted by Crippen LogP contribution is -2.44. The average Bonchev–Trinajstić information content (AvgIpc) is 2.80. The Bertz CT molecular complexity index is 680. The van der Waals surface area contributed by atoms with Gasteiger partial charge in [-0.05, 0) is 48.2 Å². The van der Waals surface area contributed by atoms with Crippen LogP contribution in [-0.2, 0) is 10.8 Å². The van der Waals surface area contributed by atoms with Gasteiger partial charge in [0.15, 0.2) is 0 Å². The van der Waals surface area contributed by atoms with Crippen LogP contribution in [0.2, 0.25) is 0 Å². The third kappa shape index (κ3) is 2.65. The minimum Gasteiger partial charge on any atom is -0.315 e. The van der Waals surface area contributed by atoms with Crippen molar-refractivity contribution in [3.05, 3.63) is 42.5 Å². The van der Waals surface area contributed by atoms with Gasteiger partial charge < -0.3 is 5.32 Å². The summed E-state index contributed by atoms with van der Waals surface area (Å²) in [5, 5.41) is 5.97. The summed E-state index contributed by atoms with van der Waals surface area (Å²) in [5.41, 5.74) is 0.214. The Balaban J connectivity index is 1.93. The molecule has 2 nitrogen and oxygen atoms in total. The van der Waals surface area contributed by atoms with Crippen LogP contribution in [0.1, 0.15) is 26.7 Å². The van der Waals surface area contributed by atoms with Crippen LogP contribution in [0.4, 0.5) is 0 Å². The molecule has 0 saturated heterocycles. The molecule has 1 saturated carbocycles. The molecule has 1 fully saturated rings. The van der Waals surface area contributed by atoms with Crippen LogP contribution in [0.15, 0.2) is 47.4 Å². The summed E-state index contributed by atoms with van der Waals surface area (Å²) in [6.45, 7) is 4.54. The molecule has 1 N–H and O–H groups in total. The van der Waals surface area contributed by atoms with Gasteiger partial charge in [0.2, 0.25) is 0 Å². The number of hydrogen-bond acceptors (Lipinski definition) is 2. The maximum Gasteiger partial charge on any atom is 0.0577 e. The van der Waals surface area contributed by atoms with Gasteiger partial charge in [-0.1, -0.05) is 44.2 Å². The Hall–Kier alpha value is -1.19. The summed E-state index contributed by atoms with van der Waals surface area (Å²) in [5.74, 6) is 0. The summed E-state index contributed by atoms with van der Waals surface area (Å²) < 4.78 is 13.0. The Morgan fingerprint density at radius 1 is 1.14 bits per heavy atom. The highest BCUT2D eigenvalue weighted by molar-refractivity contribution is 7.85. The van der Waals surface area contributed by atoms with Crippen LogP contribution in [0.5, 0.6) is 0 Å². The molecule has 0 bridgehead atoms. The van der Waals surface area contributed by atoms with E-state index in [1.807, 2.05) is 25.2 Å². The maximum absolute atomic E-state index is 13.0. The van der Waals surface area contributed by atoms with Crippen LogP contribution in [-0.4, -0.2) is 22.5 Å². The summed E-state index contributed by atoms with van der Waals surface area (Å²) in [4.78, 5) is 0.955. The summed E-state index contributed by atoms with van der Waals surface area (Å²) in [6.07, 6.45) is 2.15. The van der Waals surface area contributed by atoms with E-state index < -0.39 is 10.8 Å². The van der Waals surface area contributed by atoms with E-state index in [-0.39, 0.29) is 10.7 Å². The van der Waals surface area contributed by atoms with E-state index in [1.165, 1.54) is 10.8 Å². The molecule has 2 aromatic rings. The predicted molar refractivity (Wildman–Crippen MR) is 90.0 cm³/mol. The van der Waals surface area contributed by atoms with Crippen molar-refractivity contribution >= 4 is 21.6 Å². The fourth-order valence-corrected chi connectivity index (χ4v) is 5.49. The zero-order valence-corrected chi connectivity index (χ0v) is 13.7. The molecule has 3 rings (SSSR count). The van der Waals surface area contributed by atoms with Crippen LogP contribution < -0.4 is 5.32 Å². The zero-order valence-electron chi connectivity index (χ0n) is 12.9. The first-order chi connectivity index (χ1) is 10.0. The number of benzene rings is 2. The van der Waals surface area contributed by atoms with Gasteiger partial charge in [-0.25, -0.2) is 0 Å². The molecule has 1 aliphatic rings. The number of rotatable bonds is 3. The quantitative estimate of drug-likeness (QED) is 0.936. The Kier molecular flexibility index (Phi) is 3.89. The number of fused-ring (bicyclic) bond motifs is 1. The highest BCUT2D eigenvalue weighted by Crippen LogP contribution is 2.41. The van der Waals surface area contributed by atoms with E-state index in [0.717, 1.165) is 17.7 Å². The Morgan fingerprint density at radius 2 is 1.86 bits per heavy atom. The van der Waals surface area contributed by atoms with Gasteiger partial charge in [0, 0.05) is 10.9 Å². The Morgan fingerprint density at radius 3 is 2.57 bits per heavy atom. The van der Waals surface area contributed by atoms with Crippen LogP contribution >= 0.6 is 0 Å². The second kappa shape index (κ2) is 5.54. The Labute approximate surface area is 129 Å². The molecule has 3 unspecified atom stereocenters. The normalized spacial score (nSPS) is 26.0. The topological polar surface area (TPSA) is 29.1 Å². The van der Waals surface area contributed by atoms with Crippen molar-refractivity contribution in [2.75, 3.05) is 7.05 Å². The van der Waals surface area contributed by atoms with Gasteiger partial charge in [-0.2, -0.15) is 0 Å². The lowest BCUT2D eigenvalue weighted by molar-refractivity contribution is 0.299. The minimum atomic E-state index is -0.954. The van der Waals surface area contributed by atoms with E-state index in [0.29, 0.717) is 6.04 Å². The maximum atomic E-state index is 13.0. The molecule has 0 spiro atoms. The molecule has 3 heteroatoms. The zero-order chi connectivity index (χ0) is 15.0. The van der Waals surface area contributed by atoms with Crippen LogP contribution in [0, 0.1) is 5.41 Å². The van der Waals surface area contributed by atoms with Crippen molar-refractivity contribution in [3.63, 3.8) is 0 Å². The molecule has 21 heavy (non-hydrogen) atoms. The highest BCUT2D eigenvalue weighted by Gasteiger charge is 2.44. The highest BCUT2D eigenvalue weighted by atomic mass is 32.2. The lowest BCUT2D eigenvalue weighted by Gasteiger charge is -2.30. The molecule has 0 aromatic heterocycles. The third-order valence-electron chi connectivity index (χ3n) is 4.83. The van der Waals surface area contributed by atoms with Crippen molar-refractivity contribution in [1.29, 1.82) is 0 Å². The van der Waals surface area contributed by atoms with Gasteiger partial charge in [-0.3, -0.25) is 4.21 Å². The summed E-state index contributed by atoms with van der Waals surface area (Å²) in [7, 11) is 1.03. The van der Waals surface area contributed by atoms with Gasteiger partial charge in [0.1, 0.15) is 0 Å². The molecule has 112 valence electrons. The monoisotopic (exact) mass is 301 g/mol. The van der Waals surface area contributed by atoms with Crippen LogP contribution in [0.25, 0.3) is 10.8 Å². The fourth-order valence-electron chi connectivity index (χ4n) is 3.61. The van der Waals surface area contributed by atoms with Crippen molar-refractivity contribution in [2.24, 2.45) is 5.41 Å². The van der Waals surface area contributed by atoms with Crippen molar-refractivity contribution in [2.45, 2.75) is 42.9 Å². The first kappa shape index (κ1) is 14.7. The van der Waals surface area contributed by atoms with E-state index in [1.54, 1.807) is 0 Å². The predicted octanol–water partition coefficient (Wildman–Crippen LogP) is 3.72. The van der Waals surface area contributed by atoms with Gasteiger partial charge in [0.05, 0.1) is 16.0 Å². The summed E-state index contributed by atoms with van der Waals surface area (Å²) >= 11 is 0. The molecule has 0 aliphatic heterocycles. The lowest BCUT2D eigenvalue weighted by atomic mass is 9.87. The number of hydrogen-bond donors (Lipinski definition) is 1.